The van der Waals surface area contributed by atoms with E-state index < -0.39 is 11.3 Å². The van der Waals surface area contributed by atoms with Gasteiger partial charge in [0, 0.05) is 16.7 Å². The number of hydrogen-bond acceptors (Lipinski definition) is 3. The Morgan fingerprint density at radius 2 is 1.88 bits per heavy atom. The largest absolute Gasteiger partial charge is 0.755 e. The van der Waals surface area contributed by atoms with Crippen molar-refractivity contribution in [3.63, 3.8) is 0 Å². The molecule has 17 heavy (non-hydrogen) atoms. The van der Waals surface area contributed by atoms with Gasteiger partial charge in [0.1, 0.15) is 0 Å². The number of nitrogens with zero attached hydrogens (tertiary/aromatic N) is 1. The average molecular weight is 250 g/mol. The average Bonchev–Trinajstić information content (AvgIpc) is 2.35. The molecular formula is C12H12NO3S-. The minimum absolute atomic E-state index is 0.0596. The van der Waals surface area contributed by atoms with E-state index in [1.54, 1.807) is 12.1 Å². The van der Waals surface area contributed by atoms with E-state index in [-0.39, 0.29) is 13.2 Å². The number of hydrogen-bond donors (Lipinski definition) is 1. The third-order valence-corrected chi connectivity index (χ3v) is 3.26. The Morgan fingerprint density at radius 3 is 2.59 bits per heavy atom. The number of aliphatic hydroxyl groups is 1. The molecule has 0 spiro atoms. The Balaban J connectivity index is 2.56. The van der Waals surface area contributed by atoms with E-state index >= 15 is 0 Å². The van der Waals surface area contributed by atoms with E-state index in [4.69, 9.17) is 5.11 Å². The van der Waals surface area contributed by atoms with Crippen molar-refractivity contribution in [1.29, 1.82) is 0 Å². The van der Waals surface area contributed by atoms with Crippen LogP contribution in [0.4, 0.5) is 5.69 Å². The third-order valence-electron chi connectivity index (χ3n) is 2.52. The number of benzene rings is 2. The molecule has 2 aromatic rings. The van der Waals surface area contributed by atoms with E-state index in [0.29, 0.717) is 5.69 Å². The highest BCUT2D eigenvalue weighted by molar-refractivity contribution is 7.80. The fraction of sp³-hybridized carbons (Fsp3) is 0.167. The summed E-state index contributed by atoms with van der Waals surface area (Å²) in [6, 6.07) is 13.0. The summed E-state index contributed by atoms with van der Waals surface area (Å²) >= 11 is -2.39. The van der Waals surface area contributed by atoms with Gasteiger partial charge in [-0.3, -0.25) is 8.51 Å². The Hall–Kier alpha value is -1.43. The van der Waals surface area contributed by atoms with Gasteiger partial charge < -0.3 is 9.66 Å². The maximum absolute atomic E-state index is 11.1. The van der Waals surface area contributed by atoms with Crippen LogP contribution >= 0.6 is 0 Å². The Kier molecular flexibility index (Phi) is 3.73. The normalized spacial score (nSPS) is 12.6. The number of rotatable bonds is 4. The Labute approximate surface area is 102 Å². The standard InChI is InChI=1S/C12H13NO3S/c14-9-8-13(17(15)16)12-7-3-5-10-4-1-2-6-11(10)12/h1-7,14H,8-9H2,(H,15,16)/p-1. The zero-order chi connectivity index (χ0) is 12.3. The zero-order valence-corrected chi connectivity index (χ0v) is 9.89. The molecule has 1 atom stereocenters. The molecule has 0 amide bonds. The molecule has 1 unspecified atom stereocenters. The Morgan fingerprint density at radius 1 is 1.18 bits per heavy atom. The summed E-state index contributed by atoms with van der Waals surface area (Å²) in [4.78, 5) is 0. The SMILES string of the molecule is O=S([O-])N(CCO)c1cccc2ccccc12. The molecule has 0 aromatic heterocycles. The van der Waals surface area contributed by atoms with Gasteiger partial charge in [-0.1, -0.05) is 36.4 Å². The van der Waals surface area contributed by atoms with Crippen LogP contribution in [0.2, 0.25) is 0 Å². The molecule has 0 radical (unpaired) electrons. The van der Waals surface area contributed by atoms with Crippen molar-refractivity contribution >= 4 is 27.7 Å². The first-order valence-corrected chi connectivity index (χ1v) is 6.23. The van der Waals surface area contributed by atoms with Gasteiger partial charge in [0.2, 0.25) is 0 Å². The molecule has 1 N–H and O–H groups in total. The molecule has 2 aromatic carbocycles. The minimum Gasteiger partial charge on any atom is -0.755 e. The van der Waals surface area contributed by atoms with Crippen LogP contribution < -0.4 is 4.31 Å². The van der Waals surface area contributed by atoms with Crippen LogP contribution in [0.5, 0.6) is 0 Å². The number of anilines is 1. The first-order chi connectivity index (χ1) is 8.24. The van der Waals surface area contributed by atoms with E-state index in [9.17, 15) is 8.76 Å². The van der Waals surface area contributed by atoms with Gasteiger partial charge >= 0.3 is 0 Å². The molecule has 0 bridgehead atoms. The maximum Gasteiger partial charge on any atom is 0.0617 e. The molecule has 2 rings (SSSR count). The number of fused-ring (bicyclic) bond motifs is 1. The van der Waals surface area contributed by atoms with Gasteiger partial charge in [-0.25, -0.2) is 0 Å². The van der Waals surface area contributed by atoms with Crippen LogP contribution in [-0.4, -0.2) is 27.0 Å². The summed E-state index contributed by atoms with van der Waals surface area (Å²) in [5, 5.41) is 10.7. The lowest BCUT2D eigenvalue weighted by molar-refractivity contribution is 0.306. The molecule has 0 heterocycles. The van der Waals surface area contributed by atoms with E-state index in [0.717, 1.165) is 15.1 Å². The summed E-state index contributed by atoms with van der Waals surface area (Å²) in [6.45, 7) is -0.151. The zero-order valence-electron chi connectivity index (χ0n) is 9.07. The maximum atomic E-state index is 11.1. The first-order valence-electron chi connectivity index (χ1n) is 5.19. The van der Waals surface area contributed by atoms with Crippen molar-refractivity contribution in [3.8, 4) is 0 Å². The molecule has 0 saturated heterocycles. The molecule has 0 aliphatic rings. The summed E-state index contributed by atoms with van der Waals surface area (Å²) in [5.41, 5.74) is 0.588. The van der Waals surface area contributed by atoms with Gasteiger partial charge in [0.05, 0.1) is 18.8 Å². The van der Waals surface area contributed by atoms with Gasteiger partial charge in [0.25, 0.3) is 0 Å². The fourth-order valence-electron chi connectivity index (χ4n) is 1.79. The van der Waals surface area contributed by atoms with Crippen molar-refractivity contribution in [2.45, 2.75) is 0 Å². The summed E-state index contributed by atoms with van der Waals surface area (Å²) < 4.78 is 23.5. The van der Waals surface area contributed by atoms with Crippen LogP contribution in [0, 0.1) is 0 Å². The van der Waals surface area contributed by atoms with E-state index in [1.165, 1.54) is 0 Å². The molecule has 5 heteroatoms. The predicted molar refractivity (Wildman–Crippen MR) is 67.3 cm³/mol. The molecule has 0 fully saturated rings. The van der Waals surface area contributed by atoms with Crippen molar-refractivity contribution < 1.29 is 13.9 Å². The molecular weight excluding hydrogens is 238 g/mol. The van der Waals surface area contributed by atoms with Gasteiger partial charge in [-0.15, -0.1) is 0 Å². The fourth-order valence-corrected chi connectivity index (χ4v) is 2.34. The lowest BCUT2D eigenvalue weighted by Gasteiger charge is -2.26. The minimum atomic E-state index is -2.39. The Bertz CT molecular complexity index is 539. The van der Waals surface area contributed by atoms with Gasteiger partial charge in [-0.2, -0.15) is 0 Å². The second kappa shape index (κ2) is 5.27. The van der Waals surface area contributed by atoms with Gasteiger partial charge in [0.15, 0.2) is 0 Å². The lowest BCUT2D eigenvalue weighted by Crippen LogP contribution is -2.28. The van der Waals surface area contributed by atoms with Crippen LogP contribution in [0.3, 0.4) is 0 Å². The van der Waals surface area contributed by atoms with Crippen molar-refractivity contribution in [3.05, 3.63) is 42.5 Å². The third kappa shape index (κ3) is 2.46. The predicted octanol–water partition coefficient (Wildman–Crippen LogP) is 1.43. The van der Waals surface area contributed by atoms with Crippen molar-refractivity contribution in [1.82, 2.24) is 0 Å². The topological polar surface area (TPSA) is 63.6 Å². The summed E-state index contributed by atoms with van der Waals surface area (Å²) in [7, 11) is 0. The summed E-state index contributed by atoms with van der Waals surface area (Å²) in [5.74, 6) is 0. The van der Waals surface area contributed by atoms with Crippen LogP contribution in [0.15, 0.2) is 42.5 Å². The highest BCUT2D eigenvalue weighted by Crippen LogP contribution is 2.27. The second-order valence-electron chi connectivity index (χ2n) is 3.54. The van der Waals surface area contributed by atoms with Gasteiger partial charge in [-0.05, 0) is 11.5 Å². The second-order valence-corrected chi connectivity index (χ2v) is 4.42. The van der Waals surface area contributed by atoms with E-state index in [1.807, 2.05) is 30.3 Å². The molecule has 90 valence electrons. The van der Waals surface area contributed by atoms with Crippen molar-refractivity contribution in [2.24, 2.45) is 0 Å². The van der Waals surface area contributed by atoms with Crippen LogP contribution in [0.1, 0.15) is 0 Å². The number of aliphatic hydroxyl groups excluding tert-OH is 1. The summed E-state index contributed by atoms with van der Waals surface area (Å²) in [6.07, 6.45) is 0. The molecule has 0 saturated carbocycles. The smallest absolute Gasteiger partial charge is 0.0617 e. The monoisotopic (exact) mass is 250 g/mol. The van der Waals surface area contributed by atoms with Crippen molar-refractivity contribution in [2.75, 3.05) is 17.5 Å². The quantitative estimate of drug-likeness (QED) is 0.835. The molecule has 4 nitrogen and oxygen atoms in total. The van der Waals surface area contributed by atoms with Crippen LogP contribution in [-0.2, 0) is 11.3 Å². The van der Waals surface area contributed by atoms with E-state index in [2.05, 4.69) is 0 Å². The molecule has 0 aliphatic carbocycles. The first kappa shape index (κ1) is 12.0. The van der Waals surface area contributed by atoms with Crippen LogP contribution in [0.25, 0.3) is 10.8 Å². The lowest BCUT2D eigenvalue weighted by atomic mass is 10.1. The highest BCUT2D eigenvalue weighted by atomic mass is 32.2. The molecule has 0 aliphatic heterocycles. The highest BCUT2D eigenvalue weighted by Gasteiger charge is 2.09.